The van der Waals surface area contributed by atoms with E-state index in [1.54, 1.807) is 55.4 Å². The number of amides is 2. The van der Waals surface area contributed by atoms with Gasteiger partial charge < -0.3 is 20.1 Å². The number of benzene rings is 2. The number of urea groups is 1. The number of rotatable bonds is 5. The minimum atomic E-state index is -0.358. The van der Waals surface area contributed by atoms with Crippen molar-refractivity contribution >= 4 is 33.3 Å². The van der Waals surface area contributed by atoms with E-state index in [0.29, 0.717) is 22.9 Å². The Labute approximate surface area is 165 Å². The number of carbonyl (C=O) groups is 1. The second kappa shape index (κ2) is 8.13. The maximum absolute atomic E-state index is 12.3. The van der Waals surface area contributed by atoms with Gasteiger partial charge in [-0.2, -0.15) is 5.10 Å². The van der Waals surface area contributed by atoms with Gasteiger partial charge in [-0.1, -0.05) is 6.07 Å². The summed E-state index contributed by atoms with van der Waals surface area (Å²) in [6.45, 7) is 0. The zero-order valence-corrected chi connectivity index (χ0v) is 16.7. The van der Waals surface area contributed by atoms with E-state index in [-0.39, 0.29) is 6.03 Å². The van der Waals surface area contributed by atoms with Gasteiger partial charge in [0.2, 0.25) is 0 Å². The maximum Gasteiger partial charge on any atom is 0.323 e. The predicted molar refractivity (Wildman–Crippen MR) is 109 cm³/mol. The van der Waals surface area contributed by atoms with Gasteiger partial charge in [-0.05, 0) is 46.3 Å². The number of ether oxygens (including phenoxy) is 2. The smallest absolute Gasteiger partial charge is 0.323 e. The van der Waals surface area contributed by atoms with Crippen molar-refractivity contribution in [3.05, 3.63) is 53.1 Å². The number of aryl methyl sites for hydroxylation is 1. The van der Waals surface area contributed by atoms with Crippen LogP contribution in [0.4, 0.5) is 16.2 Å². The second-order valence-electron chi connectivity index (χ2n) is 5.69. The number of hydrogen-bond donors (Lipinski definition) is 2. The summed E-state index contributed by atoms with van der Waals surface area (Å²) in [5, 5.41) is 9.85. The van der Waals surface area contributed by atoms with E-state index in [2.05, 4.69) is 31.7 Å². The molecule has 0 aliphatic carbocycles. The molecule has 0 aliphatic heterocycles. The van der Waals surface area contributed by atoms with Gasteiger partial charge >= 0.3 is 6.03 Å². The number of nitrogens with one attached hydrogen (secondary N) is 2. The molecule has 0 spiro atoms. The first-order chi connectivity index (χ1) is 13.0. The minimum absolute atomic E-state index is 0.358. The highest BCUT2D eigenvalue weighted by molar-refractivity contribution is 9.10. The summed E-state index contributed by atoms with van der Waals surface area (Å²) in [6, 6.07) is 12.2. The lowest BCUT2D eigenvalue weighted by molar-refractivity contribution is 0.262. The van der Waals surface area contributed by atoms with Gasteiger partial charge in [-0.3, -0.25) is 4.68 Å². The van der Waals surface area contributed by atoms with Crippen LogP contribution in [-0.2, 0) is 7.05 Å². The van der Waals surface area contributed by atoms with Crippen LogP contribution in [0, 0.1) is 0 Å². The molecule has 0 radical (unpaired) electrons. The molecule has 27 heavy (non-hydrogen) atoms. The SMILES string of the molecule is COc1cccc(NC(=O)Nc2ccc(OC)c(-c3c(Br)cnn3C)c2)c1. The number of nitrogens with zero attached hydrogens (tertiary/aromatic N) is 2. The zero-order valence-electron chi connectivity index (χ0n) is 15.1. The Hall–Kier alpha value is -3.00. The molecule has 3 aromatic rings. The molecular weight excluding hydrogens is 412 g/mol. The first-order valence-electron chi connectivity index (χ1n) is 8.09. The van der Waals surface area contributed by atoms with E-state index in [9.17, 15) is 4.79 Å². The summed E-state index contributed by atoms with van der Waals surface area (Å²) < 4.78 is 13.2. The van der Waals surface area contributed by atoms with Crippen LogP contribution in [0.2, 0.25) is 0 Å². The first-order valence-corrected chi connectivity index (χ1v) is 8.89. The highest BCUT2D eigenvalue weighted by Gasteiger charge is 2.15. The van der Waals surface area contributed by atoms with Crippen LogP contribution in [-0.4, -0.2) is 30.0 Å². The normalized spacial score (nSPS) is 10.4. The molecule has 0 unspecified atom stereocenters. The fourth-order valence-corrected chi connectivity index (χ4v) is 3.24. The van der Waals surface area contributed by atoms with Crippen LogP contribution in [0.15, 0.2) is 53.1 Å². The molecule has 140 valence electrons. The van der Waals surface area contributed by atoms with Gasteiger partial charge in [0, 0.05) is 30.1 Å². The lowest BCUT2D eigenvalue weighted by Crippen LogP contribution is -2.19. The van der Waals surface area contributed by atoms with Gasteiger partial charge in [0.1, 0.15) is 11.5 Å². The van der Waals surface area contributed by atoms with Crippen LogP contribution in [0.25, 0.3) is 11.3 Å². The number of aromatic nitrogens is 2. The first kappa shape index (κ1) is 18.8. The molecule has 0 saturated heterocycles. The van der Waals surface area contributed by atoms with Crippen molar-refractivity contribution in [1.29, 1.82) is 0 Å². The Morgan fingerprint density at radius 1 is 1.07 bits per heavy atom. The summed E-state index contributed by atoms with van der Waals surface area (Å²) in [4.78, 5) is 12.3. The predicted octanol–water partition coefficient (Wildman–Crippen LogP) is 4.51. The van der Waals surface area contributed by atoms with Crippen LogP contribution >= 0.6 is 15.9 Å². The van der Waals surface area contributed by atoms with E-state index in [0.717, 1.165) is 15.7 Å². The fraction of sp³-hybridized carbons (Fsp3) is 0.158. The molecular formula is C19H19BrN4O3. The molecule has 2 amide bonds. The van der Waals surface area contributed by atoms with Crippen molar-refractivity contribution in [3.8, 4) is 22.8 Å². The summed E-state index contributed by atoms with van der Waals surface area (Å²) in [5.41, 5.74) is 2.92. The van der Waals surface area contributed by atoms with E-state index < -0.39 is 0 Å². The molecule has 0 aliphatic rings. The van der Waals surface area contributed by atoms with Crippen molar-refractivity contribution in [2.24, 2.45) is 7.05 Å². The van der Waals surface area contributed by atoms with E-state index >= 15 is 0 Å². The van der Waals surface area contributed by atoms with E-state index in [1.165, 1.54) is 0 Å². The number of carbonyl (C=O) groups excluding carboxylic acids is 1. The average molecular weight is 431 g/mol. The van der Waals surface area contributed by atoms with E-state index in [4.69, 9.17) is 9.47 Å². The molecule has 1 heterocycles. The minimum Gasteiger partial charge on any atom is -0.497 e. The Morgan fingerprint density at radius 2 is 1.81 bits per heavy atom. The molecule has 0 saturated carbocycles. The standard InChI is InChI=1S/C19H19BrN4O3/c1-24-18(16(20)11-21-24)15-10-13(7-8-17(15)27-3)23-19(25)22-12-5-4-6-14(9-12)26-2/h4-11H,1-3H3,(H2,22,23,25). The van der Waals surface area contributed by atoms with Crippen molar-refractivity contribution in [2.45, 2.75) is 0 Å². The highest BCUT2D eigenvalue weighted by Crippen LogP contribution is 2.36. The van der Waals surface area contributed by atoms with E-state index in [1.807, 2.05) is 19.2 Å². The average Bonchev–Trinajstić information content (AvgIpc) is 3.00. The monoisotopic (exact) mass is 430 g/mol. The van der Waals surface area contributed by atoms with Gasteiger partial charge in [-0.25, -0.2) is 4.79 Å². The molecule has 0 atom stereocenters. The van der Waals surface area contributed by atoms with Crippen LogP contribution < -0.4 is 20.1 Å². The Morgan fingerprint density at radius 3 is 2.44 bits per heavy atom. The van der Waals surface area contributed by atoms with Gasteiger partial charge in [-0.15, -0.1) is 0 Å². The molecule has 3 rings (SSSR count). The van der Waals surface area contributed by atoms with Gasteiger partial charge in [0.05, 0.1) is 30.6 Å². The summed E-state index contributed by atoms with van der Waals surface area (Å²) in [7, 11) is 5.02. The second-order valence-corrected chi connectivity index (χ2v) is 6.55. The summed E-state index contributed by atoms with van der Waals surface area (Å²) in [5.74, 6) is 1.35. The van der Waals surface area contributed by atoms with Crippen molar-refractivity contribution in [3.63, 3.8) is 0 Å². The maximum atomic E-state index is 12.3. The number of anilines is 2. The third kappa shape index (κ3) is 4.22. The molecule has 0 fully saturated rings. The third-order valence-electron chi connectivity index (χ3n) is 3.93. The van der Waals surface area contributed by atoms with Crippen molar-refractivity contribution in [2.75, 3.05) is 24.9 Å². The molecule has 7 nitrogen and oxygen atoms in total. The number of halogens is 1. The largest absolute Gasteiger partial charge is 0.497 e. The molecule has 2 N–H and O–H groups in total. The quantitative estimate of drug-likeness (QED) is 0.623. The lowest BCUT2D eigenvalue weighted by Gasteiger charge is -2.13. The molecule has 8 heteroatoms. The Kier molecular flexibility index (Phi) is 5.66. The summed E-state index contributed by atoms with van der Waals surface area (Å²) in [6.07, 6.45) is 1.71. The fourth-order valence-electron chi connectivity index (χ4n) is 2.68. The lowest BCUT2D eigenvalue weighted by atomic mass is 10.1. The number of methoxy groups -OCH3 is 2. The van der Waals surface area contributed by atoms with Crippen LogP contribution in [0.1, 0.15) is 0 Å². The Balaban J connectivity index is 1.83. The van der Waals surface area contributed by atoms with Crippen LogP contribution in [0.3, 0.4) is 0 Å². The Bertz CT molecular complexity index is 952. The van der Waals surface area contributed by atoms with Crippen molar-refractivity contribution in [1.82, 2.24) is 9.78 Å². The van der Waals surface area contributed by atoms with Gasteiger partial charge in [0.15, 0.2) is 0 Å². The molecule has 0 bridgehead atoms. The topological polar surface area (TPSA) is 77.4 Å². The molecule has 1 aromatic heterocycles. The zero-order chi connectivity index (χ0) is 19.4. The third-order valence-corrected chi connectivity index (χ3v) is 4.51. The highest BCUT2D eigenvalue weighted by atomic mass is 79.9. The molecule has 2 aromatic carbocycles. The number of hydrogen-bond acceptors (Lipinski definition) is 4. The van der Waals surface area contributed by atoms with Crippen molar-refractivity contribution < 1.29 is 14.3 Å². The summed E-state index contributed by atoms with van der Waals surface area (Å²) >= 11 is 3.50. The van der Waals surface area contributed by atoms with Gasteiger partial charge in [0.25, 0.3) is 0 Å². The van der Waals surface area contributed by atoms with Crippen LogP contribution in [0.5, 0.6) is 11.5 Å².